The molecule has 7 heteroatoms. The third-order valence-corrected chi connectivity index (χ3v) is 3.30. The second-order valence-corrected chi connectivity index (χ2v) is 4.94. The minimum Gasteiger partial charge on any atom is -0.434 e. The smallest absolute Gasteiger partial charge is 0.387 e. The summed E-state index contributed by atoms with van der Waals surface area (Å²) >= 11 is 0. The molecule has 0 bridgehead atoms. The number of para-hydroxylation sites is 1. The SMILES string of the molecule is N#Cc1ccc(/C=C2/N=C(c3ccccc3OC(F)F)OC2=O)cc1. The quantitative estimate of drug-likeness (QED) is 0.631. The fraction of sp³-hybridized carbons (Fsp3) is 0.0556. The van der Waals surface area contributed by atoms with E-state index in [0.29, 0.717) is 11.1 Å². The highest BCUT2D eigenvalue weighted by molar-refractivity contribution is 6.13. The first-order valence-corrected chi connectivity index (χ1v) is 7.14. The number of hydrogen-bond acceptors (Lipinski definition) is 5. The highest BCUT2D eigenvalue weighted by Crippen LogP contribution is 2.26. The lowest BCUT2D eigenvalue weighted by molar-refractivity contribution is -0.129. The second-order valence-electron chi connectivity index (χ2n) is 4.94. The highest BCUT2D eigenvalue weighted by atomic mass is 19.3. The van der Waals surface area contributed by atoms with E-state index < -0.39 is 12.6 Å². The molecule has 0 fully saturated rings. The minimum atomic E-state index is -3.01. The molecule has 3 rings (SSSR count). The van der Waals surface area contributed by atoms with Gasteiger partial charge in [0.15, 0.2) is 5.70 Å². The zero-order valence-corrected chi connectivity index (χ0v) is 12.6. The maximum atomic E-state index is 12.5. The molecule has 0 unspecified atom stereocenters. The summed E-state index contributed by atoms with van der Waals surface area (Å²) in [6.45, 7) is -3.01. The topological polar surface area (TPSA) is 71.7 Å². The fourth-order valence-corrected chi connectivity index (χ4v) is 2.18. The third-order valence-electron chi connectivity index (χ3n) is 3.30. The summed E-state index contributed by atoms with van der Waals surface area (Å²) in [5, 5.41) is 8.78. The van der Waals surface area contributed by atoms with Gasteiger partial charge in [0.25, 0.3) is 0 Å². The first-order valence-electron chi connectivity index (χ1n) is 7.14. The average molecular weight is 340 g/mol. The van der Waals surface area contributed by atoms with Crippen molar-refractivity contribution < 1.29 is 23.0 Å². The number of rotatable bonds is 4. The summed E-state index contributed by atoms with van der Waals surface area (Å²) in [6.07, 6.45) is 1.48. The van der Waals surface area contributed by atoms with Crippen LogP contribution in [0.5, 0.6) is 5.75 Å². The predicted octanol–water partition coefficient (Wildman–Crippen LogP) is 3.50. The molecule has 0 aromatic heterocycles. The van der Waals surface area contributed by atoms with E-state index in [9.17, 15) is 13.6 Å². The Bertz CT molecular complexity index is 913. The van der Waals surface area contributed by atoms with E-state index in [4.69, 9.17) is 10.00 Å². The van der Waals surface area contributed by atoms with Crippen LogP contribution in [0.3, 0.4) is 0 Å². The van der Waals surface area contributed by atoms with Crippen LogP contribution in [0, 0.1) is 11.3 Å². The van der Waals surface area contributed by atoms with Gasteiger partial charge < -0.3 is 9.47 Å². The maximum Gasteiger partial charge on any atom is 0.387 e. The van der Waals surface area contributed by atoms with Crippen molar-refractivity contribution in [2.45, 2.75) is 6.61 Å². The monoisotopic (exact) mass is 340 g/mol. The van der Waals surface area contributed by atoms with Crippen LogP contribution >= 0.6 is 0 Å². The van der Waals surface area contributed by atoms with Crippen LogP contribution in [0.15, 0.2) is 59.2 Å². The number of ether oxygens (including phenoxy) is 2. The third kappa shape index (κ3) is 3.70. The van der Waals surface area contributed by atoms with Crippen LogP contribution < -0.4 is 4.74 Å². The van der Waals surface area contributed by atoms with Crippen LogP contribution in [0.1, 0.15) is 16.7 Å². The van der Waals surface area contributed by atoms with Crippen molar-refractivity contribution in [3.8, 4) is 11.8 Å². The van der Waals surface area contributed by atoms with Crippen molar-refractivity contribution in [2.24, 2.45) is 4.99 Å². The molecule has 1 aliphatic rings. The molecular formula is C18H10F2N2O3. The number of cyclic esters (lactones) is 1. The molecule has 0 saturated carbocycles. The minimum absolute atomic E-state index is 0.0200. The van der Waals surface area contributed by atoms with Gasteiger partial charge >= 0.3 is 12.6 Å². The highest BCUT2D eigenvalue weighted by Gasteiger charge is 2.26. The van der Waals surface area contributed by atoms with Gasteiger partial charge in [0.2, 0.25) is 5.90 Å². The Hall–Kier alpha value is -3.53. The normalized spacial score (nSPS) is 15.0. The molecule has 124 valence electrons. The van der Waals surface area contributed by atoms with Gasteiger partial charge in [-0.25, -0.2) is 9.79 Å². The van der Waals surface area contributed by atoms with E-state index in [1.165, 1.54) is 24.3 Å². The summed E-state index contributed by atoms with van der Waals surface area (Å²) in [7, 11) is 0. The van der Waals surface area contributed by atoms with Gasteiger partial charge in [-0.15, -0.1) is 0 Å². The van der Waals surface area contributed by atoms with Crippen molar-refractivity contribution in [1.82, 2.24) is 0 Å². The van der Waals surface area contributed by atoms with E-state index in [1.807, 2.05) is 6.07 Å². The molecule has 0 amide bonds. The molecule has 0 spiro atoms. The van der Waals surface area contributed by atoms with E-state index in [1.54, 1.807) is 30.3 Å². The molecule has 0 aliphatic carbocycles. The van der Waals surface area contributed by atoms with Gasteiger partial charge in [0, 0.05) is 0 Å². The molecule has 0 radical (unpaired) electrons. The molecule has 2 aromatic carbocycles. The van der Waals surface area contributed by atoms with Crippen LogP contribution in [-0.4, -0.2) is 18.5 Å². The zero-order valence-electron chi connectivity index (χ0n) is 12.6. The second kappa shape index (κ2) is 6.93. The lowest BCUT2D eigenvalue weighted by Crippen LogP contribution is -2.10. The molecule has 2 aromatic rings. The summed E-state index contributed by atoms with van der Waals surface area (Å²) < 4.78 is 34.5. The number of carbonyl (C=O) groups excluding carboxylic acids is 1. The van der Waals surface area contributed by atoms with Gasteiger partial charge in [-0.2, -0.15) is 14.0 Å². The Balaban J connectivity index is 1.93. The number of hydrogen-bond donors (Lipinski definition) is 0. The van der Waals surface area contributed by atoms with Crippen molar-refractivity contribution in [1.29, 1.82) is 5.26 Å². The molecule has 1 heterocycles. The Morgan fingerprint density at radius 2 is 1.88 bits per heavy atom. The maximum absolute atomic E-state index is 12.5. The standard InChI is InChI=1S/C18H10F2N2O3/c19-18(20)24-15-4-2-1-3-13(15)16-22-14(17(23)25-16)9-11-5-7-12(10-21)8-6-11/h1-9,18H/b14-9+. The zero-order chi connectivity index (χ0) is 17.8. The largest absolute Gasteiger partial charge is 0.434 e. The van der Waals surface area contributed by atoms with Crippen molar-refractivity contribution in [3.63, 3.8) is 0 Å². The Morgan fingerprint density at radius 3 is 2.56 bits per heavy atom. The molecule has 5 nitrogen and oxygen atoms in total. The first kappa shape index (κ1) is 16.3. The average Bonchev–Trinajstić information content (AvgIpc) is 2.96. The van der Waals surface area contributed by atoms with E-state index in [2.05, 4.69) is 9.73 Å². The van der Waals surface area contributed by atoms with E-state index in [0.717, 1.165) is 0 Å². The van der Waals surface area contributed by atoms with Crippen LogP contribution in [0.2, 0.25) is 0 Å². The number of esters is 1. The van der Waals surface area contributed by atoms with Gasteiger partial charge in [-0.1, -0.05) is 24.3 Å². The van der Waals surface area contributed by atoms with Gasteiger partial charge in [0.05, 0.1) is 17.2 Å². The summed E-state index contributed by atoms with van der Waals surface area (Å²) in [5.74, 6) is -0.948. The lowest BCUT2D eigenvalue weighted by atomic mass is 10.1. The number of benzene rings is 2. The molecule has 0 N–H and O–H groups in total. The number of nitriles is 1. The van der Waals surface area contributed by atoms with E-state index >= 15 is 0 Å². The van der Waals surface area contributed by atoms with Gasteiger partial charge in [-0.3, -0.25) is 0 Å². The number of aliphatic imine (C=N–C) groups is 1. The van der Waals surface area contributed by atoms with Crippen molar-refractivity contribution in [3.05, 3.63) is 70.9 Å². The predicted molar refractivity (Wildman–Crippen MR) is 84.8 cm³/mol. The van der Waals surface area contributed by atoms with Crippen LogP contribution in [0.4, 0.5) is 8.78 Å². The molecule has 25 heavy (non-hydrogen) atoms. The molecular weight excluding hydrogens is 330 g/mol. The molecule has 1 aliphatic heterocycles. The van der Waals surface area contributed by atoms with Crippen molar-refractivity contribution >= 4 is 17.9 Å². The van der Waals surface area contributed by atoms with Crippen LogP contribution in [0.25, 0.3) is 6.08 Å². The number of nitrogens with zero attached hydrogens (tertiary/aromatic N) is 2. The van der Waals surface area contributed by atoms with Gasteiger partial charge in [-0.05, 0) is 35.9 Å². The summed E-state index contributed by atoms with van der Waals surface area (Å²) in [5.41, 5.74) is 1.30. The van der Waals surface area contributed by atoms with Crippen LogP contribution in [-0.2, 0) is 9.53 Å². The molecule has 0 atom stereocenters. The summed E-state index contributed by atoms with van der Waals surface area (Å²) in [4.78, 5) is 16.0. The first-order chi connectivity index (χ1) is 12.1. The molecule has 0 saturated heterocycles. The van der Waals surface area contributed by atoms with Crippen molar-refractivity contribution in [2.75, 3.05) is 0 Å². The Labute approximate surface area is 141 Å². The Morgan fingerprint density at radius 1 is 1.16 bits per heavy atom. The van der Waals surface area contributed by atoms with E-state index in [-0.39, 0.29) is 22.9 Å². The Kier molecular flexibility index (Phi) is 4.53. The fourth-order valence-electron chi connectivity index (χ4n) is 2.18. The summed E-state index contributed by atoms with van der Waals surface area (Å²) in [6, 6.07) is 14.4. The van der Waals surface area contributed by atoms with Gasteiger partial charge in [0.1, 0.15) is 5.75 Å². The number of carbonyl (C=O) groups is 1. The number of alkyl halides is 2. The number of halogens is 2. The lowest BCUT2D eigenvalue weighted by Gasteiger charge is -2.08.